The van der Waals surface area contributed by atoms with Crippen LogP contribution in [-0.4, -0.2) is 42.1 Å². The fourth-order valence-electron chi connectivity index (χ4n) is 0.905. The van der Waals surface area contributed by atoms with Crippen LogP contribution in [0, 0.1) is 0 Å². The molecule has 6 heteroatoms. The Bertz CT molecular complexity index is 302. The average molecular weight is 216 g/mol. The lowest BCUT2D eigenvalue weighted by atomic mass is 10.5. The van der Waals surface area contributed by atoms with Crippen molar-refractivity contribution in [3.8, 4) is 0 Å². The quantitative estimate of drug-likeness (QED) is 0.774. The highest BCUT2D eigenvalue weighted by atomic mass is 35.5. The van der Waals surface area contributed by atoms with E-state index in [0.717, 1.165) is 13.1 Å². The number of hydrogen-bond acceptors (Lipinski definition) is 5. The Morgan fingerprint density at radius 3 is 2.86 bits per heavy atom. The molecule has 0 atom stereocenters. The third-order valence-electron chi connectivity index (χ3n) is 1.67. The third-order valence-corrected chi connectivity index (χ3v) is 2.04. The highest BCUT2D eigenvalue weighted by Crippen LogP contribution is 2.22. The first-order valence-corrected chi connectivity index (χ1v) is 4.63. The van der Waals surface area contributed by atoms with Gasteiger partial charge in [-0.25, -0.2) is 9.97 Å². The van der Waals surface area contributed by atoms with Gasteiger partial charge in [0.2, 0.25) is 0 Å². The van der Waals surface area contributed by atoms with Gasteiger partial charge >= 0.3 is 0 Å². The molecule has 0 bridgehead atoms. The first-order valence-electron chi connectivity index (χ1n) is 4.26. The molecule has 1 aromatic heterocycles. The molecular formula is C8H14ClN5. The molecule has 1 aromatic rings. The number of nitrogens with two attached hydrogens (primary N) is 1. The largest absolute Gasteiger partial charge is 0.382 e. The molecule has 0 aliphatic carbocycles. The summed E-state index contributed by atoms with van der Waals surface area (Å²) < 4.78 is 0. The highest BCUT2D eigenvalue weighted by Gasteiger charge is 2.04. The first kappa shape index (κ1) is 11.0. The standard InChI is InChI=1S/C8H14ClN5/c1-14(2)4-3-11-8-6(9)7(10)12-5-13-8/h5H,3-4H2,1-2H3,(H3,10,11,12,13). The van der Waals surface area contributed by atoms with E-state index >= 15 is 0 Å². The van der Waals surface area contributed by atoms with Crippen LogP contribution in [0.25, 0.3) is 0 Å². The van der Waals surface area contributed by atoms with Gasteiger partial charge in [0.1, 0.15) is 23.0 Å². The number of anilines is 2. The van der Waals surface area contributed by atoms with Crippen LogP contribution >= 0.6 is 11.6 Å². The van der Waals surface area contributed by atoms with Gasteiger partial charge in [0.15, 0.2) is 0 Å². The summed E-state index contributed by atoms with van der Waals surface area (Å²) in [5.41, 5.74) is 5.52. The van der Waals surface area contributed by atoms with Gasteiger partial charge in [-0.05, 0) is 14.1 Å². The van der Waals surface area contributed by atoms with Gasteiger partial charge in [0.25, 0.3) is 0 Å². The summed E-state index contributed by atoms with van der Waals surface area (Å²) in [6.07, 6.45) is 1.39. The fraction of sp³-hybridized carbons (Fsp3) is 0.500. The molecule has 5 nitrogen and oxygen atoms in total. The van der Waals surface area contributed by atoms with E-state index in [1.54, 1.807) is 0 Å². The molecule has 78 valence electrons. The Morgan fingerprint density at radius 1 is 1.50 bits per heavy atom. The molecule has 1 heterocycles. The van der Waals surface area contributed by atoms with Gasteiger partial charge in [-0.15, -0.1) is 0 Å². The van der Waals surface area contributed by atoms with Gasteiger partial charge < -0.3 is 16.0 Å². The molecule has 0 radical (unpaired) electrons. The molecule has 0 saturated carbocycles. The molecule has 0 amide bonds. The first-order chi connectivity index (χ1) is 6.61. The summed E-state index contributed by atoms with van der Waals surface area (Å²) in [5.74, 6) is 0.884. The predicted octanol–water partition coefficient (Wildman–Crippen LogP) is 0.686. The smallest absolute Gasteiger partial charge is 0.150 e. The number of rotatable bonds is 4. The number of aromatic nitrogens is 2. The van der Waals surface area contributed by atoms with Crippen LogP contribution in [-0.2, 0) is 0 Å². The minimum absolute atomic E-state index is 0.300. The Balaban J connectivity index is 2.54. The molecule has 14 heavy (non-hydrogen) atoms. The Labute approximate surface area is 88.3 Å². The zero-order valence-electron chi connectivity index (χ0n) is 8.29. The Hall–Kier alpha value is -1.07. The minimum Gasteiger partial charge on any atom is -0.382 e. The average Bonchev–Trinajstić information content (AvgIpc) is 2.12. The van der Waals surface area contributed by atoms with E-state index in [1.165, 1.54) is 6.33 Å². The number of nitrogens with one attached hydrogen (secondary N) is 1. The van der Waals surface area contributed by atoms with Crippen molar-refractivity contribution in [3.05, 3.63) is 11.3 Å². The maximum Gasteiger partial charge on any atom is 0.150 e. The van der Waals surface area contributed by atoms with E-state index in [4.69, 9.17) is 17.3 Å². The van der Waals surface area contributed by atoms with Crippen molar-refractivity contribution in [2.24, 2.45) is 0 Å². The van der Waals surface area contributed by atoms with Gasteiger partial charge in [-0.3, -0.25) is 0 Å². The van der Waals surface area contributed by atoms with E-state index in [2.05, 4.69) is 20.2 Å². The summed E-state index contributed by atoms with van der Waals surface area (Å²) in [6.45, 7) is 1.67. The molecule has 0 fully saturated rings. The zero-order valence-corrected chi connectivity index (χ0v) is 9.04. The van der Waals surface area contributed by atoms with Crippen LogP contribution in [0.15, 0.2) is 6.33 Å². The second-order valence-electron chi connectivity index (χ2n) is 3.15. The van der Waals surface area contributed by atoms with Gasteiger partial charge in [0.05, 0.1) is 0 Å². The molecule has 3 N–H and O–H groups in total. The van der Waals surface area contributed by atoms with Crippen molar-refractivity contribution in [1.82, 2.24) is 14.9 Å². The van der Waals surface area contributed by atoms with Gasteiger partial charge in [-0.2, -0.15) is 0 Å². The van der Waals surface area contributed by atoms with Crippen molar-refractivity contribution in [3.63, 3.8) is 0 Å². The Morgan fingerprint density at radius 2 is 2.21 bits per heavy atom. The number of nitrogens with zero attached hydrogens (tertiary/aromatic N) is 3. The van der Waals surface area contributed by atoms with Crippen molar-refractivity contribution in [1.29, 1.82) is 0 Å². The monoisotopic (exact) mass is 215 g/mol. The summed E-state index contributed by atoms with van der Waals surface area (Å²) in [6, 6.07) is 0. The SMILES string of the molecule is CN(C)CCNc1ncnc(N)c1Cl. The van der Waals surface area contributed by atoms with Crippen LogP contribution < -0.4 is 11.1 Å². The van der Waals surface area contributed by atoms with E-state index in [1.807, 2.05) is 14.1 Å². The van der Waals surface area contributed by atoms with E-state index in [0.29, 0.717) is 16.7 Å². The van der Waals surface area contributed by atoms with Crippen LogP contribution in [0.3, 0.4) is 0 Å². The molecule has 0 aromatic carbocycles. The van der Waals surface area contributed by atoms with Gasteiger partial charge in [0, 0.05) is 13.1 Å². The molecular weight excluding hydrogens is 202 g/mol. The van der Waals surface area contributed by atoms with Crippen LogP contribution in [0.5, 0.6) is 0 Å². The number of halogens is 1. The lowest BCUT2D eigenvalue weighted by Gasteiger charge is -2.11. The number of hydrogen-bond donors (Lipinski definition) is 2. The molecule has 0 unspecified atom stereocenters. The topological polar surface area (TPSA) is 67.1 Å². The van der Waals surface area contributed by atoms with Crippen molar-refractivity contribution >= 4 is 23.2 Å². The van der Waals surface area contributed by atoms with E-state index < -0.39 is 0 Å². The van der Waals surface area contributed by atoms with E-state index in [9.17, 15) is 0 Å². The van der Waals surface area contributed by atoms with Gasteiger partial charge in [-0.1, -0.05) is 11.6 Å². The second-order valence-corrected chi connectivity index (χ2v) is 3.53. The molecule has 0 aliphatic heterocycles. The van der Waals surface area contributed by atoms with E-state index in [-0.39, 0.29) is 0 Å². The maximum absolute atomic E-state index is 5.88. The molecule has 1 rings (SSSR count). The minimum atomic E-state index is 0.300. The number of likely N-dealkylation sites (N-methyl/N-ethyl adjacent to an activating group) is 1. The fourth-order valence-corrected chi connectivity index (χ4v) is 1.07. The van der Waals surface area contributed by atoms with Crippen LogP contribution in [0.4, 0.5) is 11.6 Å². The molecule has 0 saturated heterocycles. The summed E-state index contributed by atoms with van der Waals surface area (Å²) in [7, 11) is 4.00. The normalized spacial score (nSPS) is 10.6. The van der Waals surface area contributed by atoms with Crippen molar-refractivity contribution in [2.75, 3.05) is 38.2 Å². The lowest BCUT2D eigenvalue weighted by molar-refractivity contribution is 0.425. The van der Waals surface area contributed by atoms with Crippen molar-refractivity contribution < 1.29 is 0 Å². The second kappa shape index (κ2) is 4.97. The summed E-state index contributed by atoms with van der Waals surface area (Å²) in [5, 5.41) is 3.46. The lowest BCUT2D eigenvalue weighted by Crippen LogP contribution is -2.21. The van der Waals surface area contributed by atoms with Crippen molar-refractivity contribution in [2.45, 2.75) is 0 Å². The summed E-state index contributed by atoms with van der Waals surface area (Å²) >= 11 is 5.88. The highest BCUT2D eigenvalue weighted by molar-refractivity contribution is 6.35. The van der Waals surface area contributed by atoms with Crippen LogP contribution in [0.1, 0.15) is 0 Å². The zero-order chi connectivity index (χ0) is 10.6. The number of nitrogen functional groups attached to an aromatic ring is 1. The predicted molar refractivity (Wildman–Crippen MR) is 58.5 cm³/mol. The maximum atomic E-state index is 5.88. The Kier molecular flexibility index (Phi) is 3.91. The third kappa shape index (κ3) is 3.01. The molecule has 0 spiro atoms. The summed E-state index contributed by atoms with van der Waals surface area (Å²) in [4.78, 5) is 9.81. The van der Waals surface area contributed by atoms with Crippen LogP contribution in [0.2, 0.25) is 5.02 Å². The molecule has 0 aliphatic rings.